The Hall–Kier alpha value is -3.77. The first kappa shape index (κ1) is 20.5. The fraction of sp³-hybridized carbons (Fsp3) is 0.0800. The van der Waals surface area contributed by atoms with Crippen LogP contribution in [-0.2, 0) is 6.54 Å². The van der Waals surface area contributed by atoms with Crippen LogP contribution in [0.2, 0.25) is 0 Å². The molecule has 154 valence electrons. The van der Waals surface area contributed by atoms with E-state index in [-0.39, 0.29) is 0 Å². The second-order valence-electron chi connectivity index (χ2n) is 6.92. The van der Waals surface area contributed by atoms with Crippen molar-refractivity contribution in [2.75, 3.05) is 5.43 Å². The first-order chi connectivity index (χ1) is 15.3. The van der Waals surface area contributed by atoms with Crippen molar-refractivity contribution in [3.63, 3.8) is 0 Å². The molecular formula is C25H23N5S. The summed E-state index contributed by atoms with van der Waals surface area (Å²) in [6, 6.07) is 30.5. The summed E-state index contributed by atoms with van der Waals surface area (Å²) >= 11 is 1.58. The minimum atomic E-state index is 0.712. The lowest BCUT2D eigenvalue weighted by Crippen LogP contribution is -2.16. The molecule has 3 aromatic carbocycles. The Morgan fingerprint density at radius 3 is 2.26 bits per heavy atom. The Bertz CT molecular complexity index is 1220. The standard InChI is InChI=1S/C25H23N5S/c1-20(17-26-28-23-15-9-4-10-16-23)27-29-25-30(18-21-11-5-2-6-12-21)24(19-31-25)22-13-7-3-8-14-22/h2-17,19,28H,18H2,1H3. The van der Waals surface area contributed by atoms with Crippen molar-refractivity contribution in [1.82, 2.24) is 4.57 Å². The number of anilines is 1. The maximum Gasteiger partial charge on any atom is 0.211 e. The Balaban J connectivity index is 1.61. The van der Waals surface area contributed by atoms with E-state index in [9.17, 15) is 0 Å². The van der Waals surface area contributed by atoms with Gasteiger partial charge in [0.15, 0.2) is 0 Å². The van der Waals surface area contributed by atoms with Crippen LogP contribution >= 0.6 is 11.3 Å². The molecule has 1 N–H and O–H groups in total. The van der Waals surface area contributed by atoms with Crippen LogP contribution in [-0.4, -0.2) is 16.5 Å². The lowest BCUT2D eigenvalue weighted by molar-refractivity contribution is 0.768. The van der Waals surface area contributed by atoms with Crippen LogP contribution in [0.25, 0.3) is 11.3 Å². The van der Waals surface area contributed by atoms with Crippen molar-refractivity contribution in [2.24, 2.45) is 15.3 Å². The molecule has 5 nitrogen and oxygen atoms in total. The number of rotatable bonds is 7. The number of hydrogen-bond acceptors (Lipinski definition) is 5. The van der Waals surface area contributed by atoms with E-state index < -0.39 is 0 Å². The minimum absolute atomic E-state index is 0.712. The molecular weight excluding hydrogens is 402 g/mol. The number of nitrogens with zero attached hydrogens (tertiary/aromatic N) is 4. The van der Waals surface area contributed by atoms with Gasteiger partial charge < -0.3 is 4.57 Å². The molecule has 0 spiro atoms. The van der Waals surface area contributed by atoms with E-state index in [0.29, 0.717) is 5.71 Å². The zero-order valence-electron chi connectivity index (χ0n) is 17.2. The molecule has 4 aromatic rings. The Morgan fingerprint density at radius 2 is 1.55 bits per heavy atom. The number of para-hydroxylation sites is 1. The number of benzene rings is 3. The van der Waals surface area contributed by atoms with Gasteiger partial charge in [-0.2, -0.15) is 10.2 Å². The fourth-order valence-corrected chi connectivity index (χ4v) is 3.89. The zero-order chi connectivity index (χ0) is 21.3. The molecule has 0 saturated carbocycles. The highest BCUT2D eigenvalue weighted by Crippen LogP contribution is 2.20. The molecule has 0 bridgehead atoms. The average Bonchev–Trinajstić information content (AvgIpc) is 3.22. The van der Waals surface area contributed by atoms with Gasteiger partial charge in [-0.1, -0.05) is 78.9 Å². The second-order valence-corrected chi connectivity index (χ2v) is 7.76. The second kappa shape index (κ2) is 10.3. The molecule has 0 saturated heterocycles. The molecule has 0 fully saturated rings. The van der Waals surface area contributed by atoms with Crippen LogP contribution in [0.4, 0.5) is 5.69 Å². The number of hydrazone groups is 1. The van der Waals surface area contributed by atoms with Gasteiger partial charge in [-0.25, -0.2) is 0 Å². The number of nitrogens with one attached hydrogen (secondary N) is 1. The van der Waals surface area contributed by atoms with E-state index in [4.69, 9.17) is 0 Å². The zero-order valence-corrected chi connectivity index (χ0v) is 18.0. The van der Waals surface area contributed by atoms with Gasteiger partial charge in [0.2, 0.25) is 4.80 Å². The highest BCUT2D eigenvalue weighted by molar-refractivity contribution is 7.07. The van der Waals surface area contributed by atoms with E-state index >= 15 is 0 Å². The molecule has 1 aromatic heterocycles. The van der Waals surface area contributed by atoms with Crippen LogP contribution in [0.15, 0.2) is 112 Å². The molecule has 4 rings (SSSR count). The number of thiazole rings is 1. The molecule has 0 aliphatic heterocycles. The predicted molar refractivity (Wildman–Crippen MR) is 131 cm³/mol. The lowest BCUT2D eigenvalue weighted by atomic mass is 10.1. The molecule has 1 heterocycles. The van der Waals surface area contributed by atoms with E-state index in [2.05, 4.69) is 79.2 Å². The van der Waals surface area contributed by atoms with Crippen molar-refractivity contribution < 1.29 is 0 Å². The van der Waals surface area contributed by atoms with E-state index in [1.54, 1.807) is 17.6 Å². The van der Waals surface area contributed by atoms with Gasteiger partial charge in [-0.3, -0.25) is 5.43 Å². The van der Waals surface area contributed by atoms with Gasteiger partial charge in [0, 0.05) is 5.38 Å². The number of aromatic nitrogens is 1. The lowest BCUT2D eigenvalue weighted by Gasteiger charge is -2.09. The third-order valence-corrected chi connectivity index (χ3v) is 5.42. The summed E-state index contributed by atoms with van der Waals surface area (Å²) in [5.74, 6) is 0. The fourth-order valence-electron chi connectivity index (χ4n) is 3.03. The summed E-state index contributed by atoms with van der Waals surface area (Å²) < 4.78 is 2.20. The first-order valence-electron chi connectivity index (χ1n) is 10.00. The highest BCUT2D eigenvalue weighted by atomic mass is 32.1. The van der Waals surface area contributed by atoms with Gasteiger partial charge in [0.25, 0.3) is 0 Å². The van der Waals surface area contributed by atoms with Crippen LogP contribution in [0.5, 0.6) is 0 Å². The quantitative estimate of drug-likeness (QED) is 0.302. The molecule has 0 amide bonds. The Morgan fingerprint density at radius 1 is 0.903 bits per heavy atom. The normalized spacial score (nSPS) is 12.4. The SMILES string of the molecule is CC(C=NNc1ccccc1)=NN=c1scc(-c2ccccc2)n1Cc1ccccc1. The summed E-state index contributed by atoms with van der Waals surface area (Å²) in [4.78, 5) is 0.839. The Kier molecular flexibility index (Phi) is 6.82. The van der Waals surface area contributed by atoms with Crippen molar-refractivity contribution in [3.8, 4) is 11.3 Å². The van der Waals surface area contributed by atoms with Gasteiger partial charge >= 0.3 is 0 Å². The van der Waals surface area contributed by atoms with Gasteiger partial charge in [-0.15, -0.1) is 16.4 Å². The maximum absolute atomic E-state index is 4.52. The topological polar surface area (TPSA) is 54.0 Å². The predicted octanol–water partition coefficient (Wildman–Crippen LogP) is 5.64. The molecule has 0 aliphatic carbocycles. The van der Waals surface area contributed by atoms with E-state index in [1.807, 2.05) is 49.4 Å². The summed E-state index contributed by atoms with van der Waals surface area (Å²) in [5, 5.41) is 15.3. The van der Waals surface area contributed by atoms with E-state index in [0.717, 1.165) is 28.3 Å². The largest absolute Gasteiger partial charge is 0.311 e. The molecule has 0 aliphatic rings. The smallest absolute Gasteiger partial charge is 0.211 e. The summed E-state index contributed by atoms with van der Waals surface area (Å²) in [6.07, 6.45) is 1.67. The van der Waals surface area contributed by atoms with Crippen molar-refractivity contribution in [1.29, 1.82) is 0 Å². The average molecular weight is 426 g/mol. The van der Waals surface area contributed by atoms with Crippen LogP contribution in [0, 0.1) is 0 Å². The number of hydrogen-bond donors (Lipinski definition) is 1. The molecule has 6 heteroatoms. The summed E-state index contributed by atoms with van der Waals surface area (Å²) in [7, 11) is 0. The third-order valence-electron chi connectivity index (χ3n) is 4.56. The van der Waals surface area contributed by atoms with Crippen molar-refractivity contribution in [2.45, 2.75) is 13.5 Å². The maximum atomic E-state index is 4.52. The summed E-state index contributed by atoms with van der Waals surface area (Å²) in [6.45, 7) is 2.61. The van der Waals surface area contributed by atoms with Gasteiger partial charge in [0.05, 0.1) is 29.9 Å². The highest BCUT2D eigenvalue weighted by Gasteiger charge is 2.08. The molecule has 31 heavy (non-hydrogen) atoms. The Labute approximate surface area is 185 Å². The van der Waals surface area contributed by atoms with E-state index in [1.165, 1.54) is 5.56 Å². The minimum Gasteiger partial charge on any atom is -0.311 e. The van der Waals surface area contributed by atoms with Crippen molar-refractivity contribution in [3.05, 3.63) is 107 Å². The van der Waals surface area contributed by atoms with Gasteiger partial charge in [0.1, 0.15) is 0 Å². The van der Waals surface area contributed by atoms with Crippen LogP contribution < -0.4 is 10.2 Å². The van der Waals surface area contributed by atoms with Crippen LogP contribution in [0.3, 0.4) is 0 Å². The molecule has 0 unspecified atom stereocenters. The monoisotopic (exact) mass is 425 g/mol. The molecule has 0 atom stereocenters. The summed E-state index contributed by atoms with van der Waals surface area (Å²) in [5.41, 5.74) is 8.13. The molecule has 0 radical (unpaired) electrons. The first-order valence-corrected chi connectivity index (χ1v) is 10.9. The van der Waals surface area contributed by atoms with Crippen molar-refractivity contribution >= 4 is 29.0 Å². The third kappa shape index (κ3) is 5.65. The van der Waals surface area contributed by atoms with Gasteiger partial charge in [-0.05, 0) is 30.2 Å². The van der Waals surface area contributed by atoms with Crippen LogP contribution in [0.1, 0.15) is 12.5 Å².